The average molecular weight is 508 g/mol. The number of hydrazone groups is 1. The summed E-state index contributed by atoms with van der Waals surface area (Å²) in [5, 5.41) is 15.4. The van der Waals surface area contributed by atoms with Crippen LogP contribution in [0.15, 0.2) is 80.7 Å². The fraction of sp³-hybridized carbons (Fsp3) is 0.0833. The summed E-state index contributed by atoms with van der Waals surface area (Å²) in [4.78, 5) is 22.8. The van der Waals surface area contributed by atoms with Gasteiger partial charge in [0.2, 0.25) is 0 Å². The quantitative estimate of drug-likeness (QED) is 0.194. The van der Waals surface area contributed by atoms with E-state index in [0.29, 0.717) is 28.9 Å². The highest BCUT2D eigenvalue weighted by molar-refractivity contribution is 9.10. The number of rotatable bonds is 7. The largest absolute Gasteiger partial charge is 0.488 e. The molecule has 166 valence electrons. The molecule has 0 radical (unpaired) electrons. The van der Waals surface area contributed by atoms with Crippen molar-refractivity contribution in [1.82, 2.24) is 5.43 Å². The van der Waals surface area contributed by atoms with Crippen molar-refractivity contribution in [2.45, 2.75) is 13.5 Å². The van der Waals surface area contributed by atoms with Crippen LogP contribution < -0.4 is 10.2 Å². The molecule has 0 saturated heterocycles. The number of benzene rings is 3. The molecule has 0 bridgehead atoms. The number of carbonyl (C=O) groups is 1. The van der Waals surface area contributed by atoms with Crippen molar-refractivity contribution < 1.29 is 18.9 Å². The maximum atomic E-state index is 12.4. The molecule has 4 aromatic rings. The van der Waals surface area contributed by atoms with Crippen molar-refractivity contribution in [2.75, 3.05) is 0 Å². The summed E-state index contributed by atoms with van der Waals surface area (Å²) < 4.78 is 12.2. The van der Waals surface area contributed by atoms with Crippen LogP contribution in [0.1, 0.15) is 27.2 Å². The molecule has 3 aromatic carbocycles. The second-order valence-electron chi connectivity index (χ2n) is 7.25. The lowest BCUT2D eigenvalue weighted by Gasteiger charge is -2.10. The van der Waals surface area contributed by atoms with Gasteiger partial charge in [-0.25, -0.2) is 5.43 Å². The zero-order valence-corrected chi connectivity index (χ0v) is 19.0. The molecule has 0 atom stereocenters. The lowest BCUT2D eigenvalue weighted by molar-refractivity contribution is -0.384. The third-order valence-corrected chi connectivity index (χ3v) is 5.25. The number of nitrogens with zero attached hydrogens (tertiary/aromatic N) is 2. The van der Waals surface area contributed by atoms with Crippen molar-refractivity contribution in [1.29, 1.82) is 0 Å². The molecule has 0 spiro atoms. The Hall–Kier alpha value is -3.98. The van der Waals surface area contributed by atoms with Crippen molar-refractivity contribution in [3.63, 3.8) is 0 Å². The van der Waals surface area contributed by atoms with Gasteiger partial charge in [0.15, 0.2) is 5.76 Å². The normalized spacial score (nSPS) is 11.1. The first-order valence-corrected chi connectivity index (χ1v) is 10.7. The lowest BCUT2D eigenvalue weighted by Crippen LogP contribution is -2.16. The van der Waals surface area contributed by atoms with Crippen molar-refractivity contribution >= 4 is 44.7 Å². The van der Waals surface area contributed by atoms with Crippen molar-refractivity contribution in [3.8, 4) is 5.75 Å². The molecule has 0 aliphatic carbocycles. The third kappa shape index (κ3) is 5.45. The Bertz CT molecular complexity index is 1380. The first-order valence-electron chi connectivity index (χ1n) is 9.88. The summed E-state index contributed by atoms with van der Waals surface area (Å²) in [6.07, 6.45) is 1.47. The molecule has 0 saturated carbocycles. The van der Waals surface area contributed by atoms with Gasteiger partial charge in [-0.3, -0.25) is 14.9 Å². The van der Waals surface area contributed by atoms with Crippen LogP contribution in [0.5, 0.6) is 5.75 Å². The van der Waals surface area contributed by atoms with Crippen LogP contribution in [0.25, 0.3) is 11.0 Å². The van der Waals surface area contributed by atoms with Crippen molar-refractivity contribution in [2.24, 2.45) is 5.10 Å². The second-order valence-corrected chi connectivity index (χ2v) is 8.16. The molecule has 4 rings (SSSR count). The Labute approximate surface area is 197 Å². The Balaban J connectivity index is 1.46. The average Bonchev–Trinajstić information content (AvgIpc) is 3.22. The van der Waals surface area contributed by atoms with Gasteiger partial charge in [-0.2, -0.15) is 5.10 Å². The molecule has 0 aliphatic heterocycles. The van der Waals surface area contributed by atoms with E-state index in [9.17, 15) is 14.9 Å². The lowest BCUT2D eigenvalue weighted by atomic mass is 10.1. The highest BCUT2D eigenvalue weighted by Gasteiger charge is 2.14. The van der Waals surface area contributed by atoms with Crippen LogP contribution in [0.2, 0.25) is 0 Å². The van der Waals surface area contributed by atoms with Gasteiger partial charge in [0.1, 0.15) is 17.9 Å². The van der Waals surface area contributed by atoms with Gasteiger partial charge in [-0.1, -0.05) is 45.8 Å². The van der Waals surface area contributed by atoms with E-state index in [1.165, 1.54) is 30.5 Å². The van der Waals surface area contributed by atoms with Crippen LogP contribution in [0.4, 0.5) is 5.69 Å². The first-order chi connectivity index (χ1) is 15.9. The zero-order valence-electron chi connectivity index (χ0n) is 17.4. The van der Waals surface area contributed by atoms with Gasteiger partial charge >= 0.3 is 5.91 Å². The Morgan fingerprint density at radius 3 is 2.82 bits per heavy atom. The zero-order chi connectivity index (χ0) is 23.4. The predicted octanol–water partition coefficient (Wildman–Crippen LogP) is 5.75. The molecule has 9 heteroatoms. The Morgan fingerprint density at radius 1 is 1.18 bits per heavy atom. The van der Waals surface area contributed by atoms with E-state index >= 15 is 0 Å². The number of aryl methyl sites for hydroxylation is 1. The predicted molar refractivity (Wildman–Crippen MR) is 128 cm³/mol. The summed E-state index contributed by atoms with van der Waals surface area (Å²) in [6, 6.07) is 19.1. The van der Waals surface area contributed by atoms with Gasteiger partial charge < -0.3 is 9.15 Å². The number of nitrogens with one attached hydrogen (secondary N) is 1. The minimum atomic E-state index is -0.581. The van der Waals surface area contributed by atoms with Gasteiger partial charge in [-0.15, -0.1) is 0 Å². The third-order valence-electron chi connectivity index (χ3n) is 4.75. The van der Waals surface area contributed by atoms with Crippen LogP contribution in [-0.2, 0) is 6.61 Å². The monoisotopic (exact) mass is 507 g/mol. The number of nitro benzene ring substituents is 1. The smallest absolute Gasteiger partial charge is 0.307 e. The van der Waals surface area contributed by atoms with E-state index in [1.807, 2.05) is 43.3 Å². The van der Waals surface area contributed by atoms with Gasteiger partial charge in [0.25, 0.3) is 5.69 Å². The summed E-state index contributed by atoms with van der Waals surface area (Å²) >= 11 is 3.43. The molecule has 1 N–H and O–H groups in total. The van der Waals surface area contributed by atoms with Gasteiger partial charge in [0, 0.05) is 27.6 Å². The fourth-order valence-corrected chi connectivity index (χ4v) is 3.57. The number of halogens is 1. The standard InChI is InChI=1S/C24H18BrN3O5/c1-15-3-2-4-16(9-15)14-32-21-7-5-19(25)10-18(21)13-26-27-24(29)23-12-17-11-20(28(30)31)6-8-22(17)33-23/h2-13H,14H2,1H3,(H,27,29)/b26-13-. The number of non-ortho nitro benzene ring substituents is 1. The maximum Gasteiger partial charge on any atom is 0.307 e. The summed E-state index contributed by atoms with van der Waals surface area (Å²) in [5.41, 5.74) is 5.55. The summed E-state index contributed by atoms with van der Waals surface area (Å²) in [7, 11) is 0. The van der Waals surface area contributed by atoms with E-state index in [1.54, 1.807) is 0 Å². The number of ether oxygens (including phenoxy) is 1. The minimum Gasteiger partial charge on any atom is -0.488 e. The number of hydrogen-bond acceptors (Lipinski definition) is 6. The Kier molecular flexibility index (Phi) is 6.50. The van der Waals surface area contributed by atoms with E-state index in [-0.39, 0.29) is 11.4 Å². The van der Waals surface area contributed by atoms with Gasteiger partial charge in [0.05, 0.1) is 11.1 Å². The number of amides is 1. The number of furan rings is 1. The first kappa shape index (κ1) is 22.2. The summed E-state index contributed by atoms with van der Waals surface area (Å²) in [6.45, 7) is 2.41. The molecular weight excluding hydrogens is 490 g/mol. The molecule has 0 fully saturated rings. The topological polar surface area (TPSA) is 107 Å². The number of carbonyl (C=O) groups excluding carboxylic acids is 1. The second kappa shape index (κ2) is 9.66. The van der Waals surface area contributed by atoms with E-state index in [0.717, 1.165) is 15.6 Å². The highest BCUT2D eigenvalue weighted by Crippen LogP contribution is 2.25. The molecular formula is C24H18BrN3O5. The van der Waals surface area contributed by atoms with Crippen LogP contribution >= 0.6 is 15.9 Å². The molecule has 1 amide bonds. The molecule has 8 nitrogen and oxygen atoms in total. The summed E-state index contributed by atoms with van der Waals surface area (Å²) in [5.74, 6) is 0.0175. The van der Waals surface area contributed by atoms with Crippen LogP contribution in [0.3, 0.4) is 0 Å². The van der Waals surface area contributed by atoms with E-state index in [4.69, 9.17) is 9.15 Å². The number of hydrogen-bond donors (Lipinski definition) is 1. The van der Waals surface area contributed by atoms with Crippen LogP contribution in [-0.4, -0.2) is 17.0 Å². The highest BCUT2D eigenvalue weighted by atomic mass is 79.9. The number of nitro groups is 1. The van der Waals surface area contributed by atoms with E-state index < -0.39 is 10.8 Å². The molecule has 1 aromatic heterocycles. The number of fused-ring (bicyclic) bond motifs is 1. The van der Waals surface area contributed by atoms with Crippen LogP contribution in [0, 0.1) is 17.0 Å². The SMILES string of the molecule is Cc1cccc(COc2ccc(Br)cc2/C=N\NC(=O)c2cc3cc([N+](=O)[O-])ccc3o2)c1. The fourth-order valence-electron chi connectivity index (χ4n) is 3.19. The van der Waals surface area contributed by atoms with Crippen molar-refractivity contribution in [3.05, 3.63) is 104 Å². The maximum absolute atomic E-state index is 12.4. The van der Waals surface area contributed by atoms with Gasteiger partial charge in [-0.05, 0) is 42.8 Å². The molecule has 0 aliphatic rings. The Morgan fingerprint density at radius 2 is 2.03 bits per heavy atom. The molecule has 33 heavy (non-hydrogen) atoms. The molecule has 0 unspecified atom stereocenters. The van der Waals surface area contributed by atoms with E-state index in [2.05, 4.69) is 32.5 Å². The minimum absolute atomic E-state index is 0.00666. The molecule has 1 heterocycles.